The number of nitro groups is 1. The number of nitrogens with zero attached hydrogens (tertiary/aromatic N) is 5. The molecule has 2 aromatic rings. The molecule has 2 rings (SSSR count). The molecule has 0 saturated heterocycles. The van der Waals surface area contributed by atoms with Crippen molar-refractivity contribution in [3.63, 3.8) is 0 Å². The molecule has 1 amide bonds. The van der Waals surface area contributed by atoms with Gasteiger partial charge >= 0.3 is 5.69 Å². The molecule has 0 fully saturated rings. The Labute approximate surface area is 161 Å². The number of rotatable bonds is 11. The zero-order valence-electron chi connectivity index (χ0n) is 15.5. The van der Waals surface area contributed by atoms with Gasteiger partial charge in [-0.3, -0.25) is 30.7 Å². The van der Waals surface area contributed by atoms with Crippen LogP contribution < -0.4 is 15.8 Å². The van der Waals surface area contributed by atoms with Gasteiger partial charge in [-0.25, -0.2) is 9.97 Å². The molecule has 0 atom stereocenters. The molecule has 0 unspecified atom stereocenters. The molecule has 0 aliphatic heterocycles. The third kappa shape index (κ3) is 5.56. The Morgan fingerprint density at radius 2 is 1.82 bits per heavy atom. The lowest BCUT2D eigenvalue weighted by Crippen LogP contribution is -2.33. The van der Waals surface area contributed by atoms with Crippen LogP contribution in [0.2, 0.25) is 0 Å². The van der Waals surface area contributed by atoms with Crippen molar-refractivity contribution in [2.45, 2.75) is 0 Å². The maximum atomic E-state index is 12.1. The number of aromatic nitrogens is 3. The van der Waals surface area contributed by atoms with Crippen molar-refractivity contribution in [3.05, 3.63) is 46.5 Å². The van der Waals surface area contributed by atoms with Crippen LogP contribution in [-0.4, -0.2) is 66.3 Å². The van der Waals surface area contributed by atoms with Gasteiger partial charge in [0.1, 0.15) is 6.33 Å². The lowest BCUT2D eigenvalue weighted by Gasteiger charge is -2.23. The summed E-state index contributed by atoms with van der Waals surface area (Å²) in [5, 5.41) is 11.7. The highest BCUT2D eigenvalue weighted by atomic mass is 16.6. The first kappa shape index (κ1) is 20.9. The summed E-state index contributed by atoms with van der Waals surface area (Å²) < 4.78 is 10.1. The topological polar surface area (TPSA) is 145 Å². The normalized spacial score (nSPS) is 10.4. The fraction of sp³-hybridized carbons (Fsp3) is 0.375. The van der Waals surface area contributed by atoms with Crippen molar-refractivity contribution in [1.29, 1.82) is 0 Å². The van der Waals surface area contributed by atoms with E-state index in [0.717, 1.165) is 0 Å². The Bertz CT molecular complexity index is 782. The number of hydrogen-bond donors (Lipinski definition) is 2. The van der Waals surface area contributed by atoms with Crippen LogP contribution in [0.5, 0.6) is 0 Å². The Kier molecular flexibility index (Phi) is 7.99. The zero-order valence-corrected chi connectivity index (χ0v) is 15.5. The average molecular weight is 391 g/mol. The summed E-state index contributed by atoms with van der Waals surface area (Å²) >= 11 is 0. The molecule has 0 radical (unpaired) electrons. The zero-order chi connectivity index (χ0) is 20.4. The van der Waals surface area contributed by atoms with E-state index in [1.165, 1.54) is 45.1 Å². The van der Waals surface area contributed by atoms with Gasteiger partial charge in [0.25, 0.3) is 5.91 Å². The van der Waals surface area contributed by atoms with E-state index in [-0.39, 0.29) is 17.3 Å². The van der Waals surface area contributed by atoms with E-state index in [1.807, 2.05) is 0 Å². The number of hydrazine groups is 1. The molecule has 150 valence electrons. The summed E-state index contributed by atoms with van der Waals surface area (Å²) in [7, 11) is 3.06. The van der Waals surface area contributed by atoms with Crippen LogP contribution in [-0.2, 0) is 9.47 Å². The van der Waals surface area contributed by atoms with Crippen molar-refractivity contribution in [1.82, 2.24) is 20.4 Å². The molecule has 28 heavy (non-hydrogen) atoms. The second kappa shape index (κ2) is 10.7. The van der Waals surface area contributed by atoms with E-state index < -0.39 is 10.8 Å². The molecule has 2 N–H and O–H groups in total. The van der Waals surface area contributed by atoms with Crippen molar-refractivity contribution in [2.24, 2.45) is 0 Å². The van der Waals surface area contributed by atoms with Crippen LogP contribution in [0.1, 0.15) is 10.4 Å². The van der Waals surface area contributed by atoms with E-state index >= 15 is 0 Å². The van der Waals surface area contributed by atoms with Gasteiger partial charge in [0, 0.05) is 45.3 Å². The minimum Gasteiger partial charge on any atom is -0.383 e. The molecule has 0 spiro atoms. The number of carbonyl (C=O) groups is 1. The van der Waals surface area contributed by atoms with E-state index in [0.29, 0.717) is 31.9 Å². The van der Waals surface area contributed by atoms with Crippen LogP contribution in [0.25, 0.3) is 0 Å². The maximum absolute atomic E-state index is 12.1. The molecule has 0 bridgehead atoms. The van der Waals surface area contributed by atoms with Crippen molar-refractivity contribution >= 4 is 23.2 Å². The molecular formula is C16H21N7O5. The number of anilines is 2. The monoisotopic (exact) mass is 391 g/mol. The second-order valence-electron chi connectivity index (χ2n) is 5.44. The van der Waals surface area contributed by atoms with E-state index in [2.05, 4.69) is 25.8 Å². The van der Waals surface area contributed by atoms with E-state index in [1.54, 1.807) is 4.90 Å². The smallest absolute Gasteiger partial charge is 0.355 e. The number of methoxy groups -OCH3 is 2. The Morgan fingerprint density at radius 3 is 2.39 bits per heavy atom. The van der Waals surface area contributed by atoms with Crippen LogP contribution in [0.4, 0.5) is 17.3 Å². The van der Waals surface area contributed by atoms with Gasteiger partial charge in [-0.05, 0) is 12.1 Å². The van der Waals surface area contributed by atoms with Gasteiger partial charge in [-0.2, -0.15) is 0 Å². The quantitative estimate of drug-likeness (QED) is 0.413. The van der Waals surface area contributed by atoms with Gasteiger partial charge < -0.3 is 14.4 Å². The van der Waals surface area contributed by atoms with Crippen molar-refractivity contribution in [3.8, 4) is 0 Å². The highest BCUT2D eigenvalue weighted by molar-refractivity contribution is 5.94. The summed E-state index contributed by atoms with van der Waals surface area (Å²) in [4.78, 5) is 36.6. The number of amides is 1. The van der Waals surface area contributed by atoms with Gasteiger partial charge in [-0.1, -0.05) is 0 Å². The Hall–Kier alpha value is -3.38. The fourth-order valence-corrected chi connectivity index (χ4v) is 2.28. The number of carbonyl (C=O) groups excluding carboxylic acids is 1. The van der Waals surface area contributed by atoms with E-state index in [4.69, 9.17) is 9.47 Å². The Morgan fingerprint density at radius 1 is 1.18 bits per heavy atom. The minimum atomic E-state index is -0.608. The second-order valence-corrected chi connectivity index (χ2v) is 5.44. The van der Waals surface area contributed by atoms with Crippen LogP contribution in [0.3, 0.4) is 0 Å². The summed E-state index contributed by atoms with van der Waals surface area (Å²) in [6.07, 6.45) is 4.10. The number of ether oxygens (including phenoxy) is 2. The molecule has 0 aliphatic rings. The van der Waals surface area contributed by atoms with Crippen molar-refractivity contribution < 1.29 is 19.2 Å². The third-order valence-corrected chi connectivity index (χ3v) is 3.65. The summed E-state index contributed by atoms with van der Waals surface area (Å²) in [5.74, 6) is -0.542. The highest BCUT2D eigenvalue weighted by Crippen LogP contribution is 2.31. The summed E-state index contributed by atoms with van der Waals surface area (Å²) in [5.41, 5.74) is 4.85. The first-order valence-corrected chi connectivity index (χ1v) is 8.27. The lowest BCUT2D eigenvalue weighted by molar-refractivity contribution is -0.383. The molecule has 2 heterocycles. The number of nitrogens with one attached hydrogen (secondary N) is 2. The highest BCUT2D eigenvalue weighted by Gasteiger charge is 2.27. The largest absolute Gasteiger partial charge is 0.383 e. The van der Waals surface area contributed by atoms with Crippen LogP contribution in [0, 0.1) is 10.1 Å². The predicted octanol–water partition coefficient (Wildman–Crippen LogP) is 0.636. The predicted molar refractivity (Wildman–Crippen MR) is 100.0 cm³/mol. The number of hydrogen-bond acceptors (Lipinski definition) is 10. The maximum Gasteiger partial charge on any atom is 0.355 e. The first-order chi connectivity index (χ1) is 13.6. The molecule has 0 aliphatic carbocycles. The molecule has 2 aromatic heterocycles. The van der Waals surface area contributed by atoms with Gasteiger partial charge in [0.15, 0.2) is 0 Å². The molecule has 12 heteroatoms. The lowest BCUT2D eigenvalue weighted by atomic mass is 10.3. The summed E-state index contributed by atoms with van der Waals surface area (Å²) in [6, 6.07) is 3.02. The summed E-state index contributed by atoms with van der Waals surface area (Å²) in [6.45, 7) is 1.40. The van der Waals surface area contributed by atoms with Crippen LogP contribution >= 0.6 is 0 Å². The molecular weight excluding hydrogens is 370 g/mol. The third-order valence-electron chi connectivity index (χ3n) is 3.65. The number of pyridine rings is 1. The SMILES string of the molecule is COCCN(CCOC)c1ncnc(NNC(=O)c2ccncc2)c1[N+](=O)[O-]. The van der Waals surface area contributed by atoms with E-state index in [9.17, 15) is 14.9 Å². The van der Waals surface area contributed by atoms with Crippen LogP contribution in [0.15, 0.2) is 30.9 Å². The van der Waals surface area contributed by atoms with Crippen molar-refractivity contribution in [2.75, 3.05) is 50.8 Å². The standard InChI is InChI=1S/C16H21N7O5/c1-27-9-7-22(8-10-28-2)15-13(23(25)26)14(18-11-19-15)20-21-16(24)12-3-5-17-6-4-12/h3-6,11H,7-10H2,1-2H3,(H,21,24)(H,18,19,20). The first-order valence-electron chi connectivity index (χ1n) is 8.27. The average Bonchev–Trinajstić information content (AvgIpc) is 2.72. The van der Waals surface area contributed by atoms with Gasteiger partial charge in [0.2, 0.25) is 11.6 Å². The molecule has 0 aromatic carbocycles. The minimum absolute atomic E-state index is 0.0924. The Balaban J connectivity index is 2.25. The van der Waals surface area contributed by atoms with Gasteiger partial charge in [0.05, 0.1) is 18.1 Å². The van der Waals surface area contributed by atoms with Gasteiger partial charge in [-0.15, -0.1) is 0 Å². The molecule has 12 nitrogen and oxygen atoms in total. The fourth-order valence-electron chi connectivity index (χ4n) is 2.28. The molecule has 0 saturated carbocycles.